The Morgan fingerprint density at radius 3 is 2.40 bits per heavy atom. The fourth-order valence-corrected chi connectivity index (χ4v) is 9.77. The van der Waals surface area contributed by atoms with Gasteiger partial charge in [-0.05, 0) is 72.4 Å². The summed E-state index contributed by atoms with van der Waals surface area (Å²) in [6, 6.07) is 6.41. The molecule has 7 rings (SSSR count). The number of sulfonamides is 1. The molecule has 1 aromatic carbocycles. The number of ether oxygens (including phenoxy) is 2. The number of nitrogens with zero attached hydrogens (tertiary/aromatic N) is 1. The molecule has 0 saturated heterocycles. The Bertz CT molecular complexity index is 1700. The van der Waals surface area contributed by atoms with Crippen molar-refractivity contribution < 1.29 is 27.5 Å². The van der Waals surface area contributed by atoms with Gasteiger partial charge < -0.3 is 14.0 Å². The van der Waals surface area contributed by atoms with Crippen LogP contribution in [0.25, 0.3) is 10.9 Å². The average molecular weight is 605 g/mol. The number of methoxy groups -OCH3 is 2. The summed E-state index contributed by atoms with van der Waals surface area (Å²) in [5.74, 6) is -0.431. The number of allylic oxidation sites excluding steroid dienone is 4. The number of hydrogen-bond donors (Lipinski definition) is 1. The van der Waals surface area contributed by atoms with Gasteiger partial charge in [-0.25, -0.2) is 13.1 Å². The molecule has 8 nitrogen and oxygen atoms in total. The monoisotopic (exact) mass is 604 g/mol. The fourth-order valence-electron chi connectivity index (χ4n) is 8.29. The number of nitrogens with one attached hydrogen (secondary N) is 1. The molecule has 0 bridgehead atoms. The molecule has 5 aliphatic rings. The van der Waals surface area contributed by atoms with E-state index >= 15 is 0 Å². The third kappa shape index (κ3) is 4.75. The largest absolute Gasteiger partial charge is 0.496 e. The predicted octanol–water partition coefficient (Wildman–Crippen LogP) is 5.93. The summed E-state index contributed by atoms with van der Waals surface area (Å²) in [5, 5.41) is 0.474. The van der Waals surface area contributed by atoms with Gasteiger partial charge in [-0.1, -0.05) is 56.7 Å². The molecule has 0 radical (unpaired) electrons. The van der Waals surface area contributed by atoms with Crippen molar-refractivity contribution in [1.82, 2.24) is 9.29 Å². The van der Waals surface area contributed by atoms with Gasteiger partial charge in [0.1, 0.15) is 5.75 Å². The second kappa shape index (κ2) is 11.0. The lowest BCUT2D eigenvalue weighted by molar-refractivity contribution is -0.146. The van der Waals surface area contributed by atoms with E-state index < -0.39 is 27.1 Å². The highest BCUT2D eigenvalue weighted by Crippen LogP contribution is 2.55. The lowest BCUT2D eigenvalue weighted by Gasteiger charge is -2.29. The molecule has 1 amide bonds. The van der Waals surface area contributed by atoms with Crippen LogP contribution < -0.4 is 9.46 Å². The second-order valence-corrected chi connectivity index (χ2v) is 14.7. The SMILES string of the molecule is COC(=O)[C@@H]1CC=CC2=C3C(=C3C(=O)NS(=O)(=O)C3CCCCC3)Cn3c(cc4c(OC)ccc(C5CCCCC5)c43)C21. The summed E-state index contributed by atoms with van der Waals surface area (Å²) in [7, 11) is -0.686. The van der Waals surface area contributed by atoms with Gasteiger partial charge in [0.05, 0.1) is 36.5 Å². The fraction of sp³-hybridized carbons (Fsp3) is 0.529. The van der Waals surface area contributed by atoms with Crippen LogP contribution in [0.4, 0.5) is 0 Å². The number of carbonyl (C=O) groups is 2. The van der Waals surface area contributed by atoms with Gasteiger partial charge in [-0.2, -0.15) is 0 Å². The molecular weight excluding hydrogens is 564 g/mol. The molecule has 4 aliphatic carbocycles. The van der Waals surface area contributed by atoms with Crippen LogP contribution in [0.15, 0.2) is 52.6 Å². The van der Waals surface area contributed by atoms with E-state index in [0.29, 0.717) is 37.3 Å². The Morgan fingerprint density at radius 2 is 1.70 bits per heavy atom. The predicted molar refractivity (Wildman–Crippen MR) is 164 cm³/mol. The normalized spacial score (nSPS) is 24.2. The van der Waals surface area contributed by atoms with Gasteiger partial charge in [0.25, 0.3) is 5.91 Å². The van der Waals surface area contributed by atoms with Crippen LogP contribution in [0.3, 0.4) is 0 Å². The standard InChI is InChI=1S/C34H40N2O6S/c1-41-28-17-16-22(20-10-5-3-6-11-20)32-25(28)18-27-29-23(14-9-15-24(29)34(38)42-2)30-26(19-36(27)32)31(30)33(37)35-43(39,40)21-12-7-4-8-13-21/h9,14,16-18,20-21,24,29H,3-8,10-13,15,19H2,1-2H3,(H,35,37)/t24-,29?/m1/s1. The number of carbonyl (C=O) groups excluding carboxylic acids is 2. The van der Waals surface area contributed by atoms with Crippen LogP contribution in [-0.4, -0.2) is 44.3 Å². The van der Waals surface area contributed by atoms with E-state index in [0.717, 1.165) is 71.2 Å². The second-order valence-electron chi connectivity index (χ2n) is 12.8. The lowest BCUT2D eigenvalue weighted by Crippen LogP contribution is -2.39. The molecule has 43 heavy (non-hydrogen) atoms. The molecule has 2 aromatic rings. The van der Waals surface area contributed by atoms with Gasteiger partial charge in [0.15, 0.2) is 0 Å². The number of rotatable bonds is 6. The van der Waals surface area contributed by atoms with Gasteiger partial charge in [-0.15, -0.1) is 0 Å². The molecule has 1 unspecified atom stereocenters. The summed E-state index contributed by atoms with van der Waals surface area (Å²) < 4.78 is 42.3. The third-order valence-corrected chi connectivity index (χ3v) is 12.3. The molecular formula is C34H40N2O6S. The maximum atomic E-state index is 13.7. The Hall–Kier alpha value is -3.33. The van der Waals surface area contributed by atoms with Crippen molar-refractivity contribution in [2.75, 3.05) is 14.2 Å². The first-order chi connectivity index (χ1) is 20.8. The first-order valence-electron chi connectivity index (χ1n) is 15.8. The quantitative estimate of drug-likeness (QED) is 0.410. The van der Waals surface area contributed by atoms with E-state index in [4.69, 9.17) is 9.47 Å². The molecule has 2 heterocycles. The number of benzene rings is 1. The minimum Gasteiger partial charge on any atom is -0.496 e. The summed E-state index contributed by atoms with van der Waals surface area (Å²) in [6.07, 6.45) is 14.3. The summed E-state index contributed by atoms with van der Waals surface area (Å²) in [4.78, 5) is 26.9. The van der Waals surface area contributed by atoms with Crippen LogP contribution in [-0.2, 0) is 30.9 Å². The first kappa shape index (κ1) is 28.4. The topological polar surface area (TPSA) is 104 Å². The Kier molecular flexibility index (Phi) is 7.27. The Morgan fingerprint density at radius 1 is 0.977 bits per heavy atom. The van der Waals surface area contributed by atoms with Gasteiger partial charge in [-0.3, -0.25) is 9.59 Å². The maximum Gasteiger partial charge on any atom is 0.309 e. The highest BCUT2D eigenvalue weighted by molar-refractivity contribution is 7.90. The van der Waals surface area contributed by atoms with Gasteiger partial charge in [0.2, 0.25) is 10.0 Å². The van der Waals surface area contributed by atoms with Crippen LogP contribution in [0, 0.1) is 5.92 Å². The Balaban J connectivity index is 1.38. The van der Waals surface area contributed by atoms with Gasteiger partial charge >= 0.3 is 5.97 Å². The van der Waals surface area contributed by atoms with E-state index in [-0.39, 0.29) is 11.9 Å². The molecule has 1 aromatic heterocycles. The van der Waals surface area contributed by atoms with Crippen molar-refractivity contribution in [3.8, 4) is 5.75 Å². The van der Waals surface area contributed by atoms with Crippen LogP contribution in [0.5, 0.6) is 5.75 Å². The molecule has 228 valence electrons. The number of amides is 1. The lowest BCUT2D eigenvalue weighted by atomic mass is 9.76. The maximum absolute atomic E-state index is 13.7. The zero-order valence-corrected chi connectivity index (χ0v) is 25.8. The summed E-state index contributed by atoms with van der Waals surface area (Å²) in [6.45, 7) is 0.440. The smallest absolute Gasteiger partial charge is 0.309 e. The summed E-state index contributed by atoms with van der Waals surface area (Å²) >= 11 is 0. The number of esters is 1. The van der Waals surface area contributed by atoms with Crippen molar-refractivity contribution in [1.29, 1.82) is 0 Å². The first-order valence-corrected chi connectivity index (χ1v) is 17.4. The zero-order chi connectivity index (χ0) is 29.9. The minimum atomic E-state index is -3.78. The molecule has 9 heteroatoms. The Labute approximate surface area is 253 Å². The van der Waals surface area contributed by atoms with Crippen molar-refractivity contribution in [3.63, 3.8) is 0 Å². The van der Waals surface area contributed by atoms with Crippen molar-refractivity contribution in [3.05, 3.63) is 63.9 Å². The van der Waals surface area contributed by atoms with E-state index in [9.17, 15) is 18.0 Å². The van der Waals surface area contributed by atoms with Crippen LogP contribution in [0.1, 0.15) is 93.7 Å². The van der Waals surface area contributed by atoms with Crippen molar-refractivity contribution in [2.24, 2.45) is 5.92 Å². The molecule has 1 aliphatic heterocycles. The molecule has 0 spiro atoms. The van der Waals surface area contributed by atoms with Crippen molar-refractivity contribution in [2.45, 2.75) is 94.3 Å². The van der Waals surface area contributed by atoms with E-state index in [1.165, 1.54) is 31.9 Å². The zero-order valence-electron chi connectivity index (χ0n) is 25.0. The molecule has 2 fully saturated rings. The van der Waals surface area contributed by atoms with Gasteiger partial charge in [0, 0.05) is 23.5 Å². The number of fused-ring (bicyclic) bond motifs is 6. The van der Waals surface area contributed by atoms with E-state index in [1.807, 2.05) is 12.2 Å². The average Bonchev–Trinajstić information content (AvgIpc) is 3.67. The number of aromatic nitrogens is 1. The van der Waals surface area contributed by atoms with Crippen LogP contribution >= 0.6 is 0 Å². The van der Waals surface area contributed by atoms with Crippen molar-refractivity contribution >= 4 is 32.8 Å². The minimum absolute atomic E-state index is 0.293. The highest BCUT2D eigenvalue weighted by atomic mass is 32.2. The van der Waals surface area contributed by atoms with E-state index in [2.05, 4.69) is 27.5 Å². The molecule has 1 N–H and O–H groups in total. The highest BCUT2D eigenvalue weighted by Gasteiger charge is 2.48. The molecule has 2 atom stereocenters. The third-order valence-electron chi connectivity index (χ3n) is 10.4. The van der Waals surface area contributed by atoms with Crippen LogP contribution in [0.2, 0.25) is 0 Å². The molecule has 2 saturated carbocycles. The van der Waals surface area contributed by atoms with E-state index in [1.54, 1.807) is 7.11 Å². The number of hydrogen-bond acceptors (Lipinski definition) is 6. The summed E-state index contributed by atoms with van der Waals surface area (Å²) in [5.41, 5.74) is 6.35.